The van der Waals surface area contributed by atoms with Crippen LogP contribution in [0.5, 0.6) is 5.75 Å². The van der Waals surface area contributed by atoms with E-state index in [4.69, 9.17) is 4.74 Å². The highest BCUT2D eigenvalue weighted by Crippen LogP contribution is 2.37. The van der Waals surface area contributed by atoms with Gasteiger partial charge in [-0.2, -0.15) is 0 Å². The number of amides is 1. The Hall–Kier alpha value is -2.54. The molecule has 6 nitrogen and oxygen atoms in total. The van der Waals surface area contributed by atoms with Crippen LogP contribution in [-0.2, 0) is 14.8 Å². The molecule has 0 bridgehead atoms. The van der Waals surface area contributed by atoms with Gasteiger partial charge in [-0.15, -0.1) is 0 Å². The molecule has 0 saturated heterocycles. The van der Waals surface area contributed by atoms with Crippen LogP contribution in [0.25, 0.3) is 0 Å². The summed E-state index contributed by atoms with van der Waals surface area (Å²) in [6.07, 6.45) is 1.05. The third-order valence-electron chi connectivity index (χ3n) is 4.56. The third-order valence-corrected chi connectivity index (χ3v) is 6.35. The summed E-state index contributed by atoms with van der Waals surface area (Å²) in [7, 11) is -3.80. The number of nitrogens with one attached hydrogen (secondary N) is 1. The summed E-state index contributed by atoms with van der Waals surface area (Å²) in [4.78, 5) is 12.6. The van der Waals surface area contributed by atoms with Gasteiger partial charge in [-0.1, -0.05) is 29.8 Å². The van der Waals surface area contributed by atoms with Gasteiger partial charge in [0.1, 0.15) is 5.75 Å². The van der Waals surface area contributed by atoms with Crippen molar-refractivity contribution in [3.63, 3.8) is 0 Å². The Morgan fingerprint density at radius 3 is 2.50 bits per heavy atom. The Bertz CT molecular complexity index is 936. The predicted octanol–water partition coefficient (Wildman–Crippen LogP) is 2.23. The van der Waals surface area contributed by atoms with E-state index in [1.807, 2.05) is 6.92 Å². The van der Waals surface area contributed by atoms with E-state index < -0.39 is 16.1 Å². The molecule has 2 aromatic carbocycles. The molecule has 0 radical (unpaired) electrons. The molecule has 1 saturated carbocycles. The maximum atomic E-state index is 13.2. The molecule has 2 aromatic rings. The number of benzene rings is 2. The zero-order chi connectivity index (χ0) is 18.3. The lowest BCUT2D eigenvalue weighted by Crippen LogP contribution is -2.51. The Kier molecular flexibility index (Phi) is 4.11. The van der Waals surface area contributed by atoms with Crippen LogP contribution in [0.3, 0.4) is 0 Å². The molecular weight excluding hydrogens is 352 g/mol. The van der Waals surface area contributed by atoms with E-state index >= 15 is 0 Å². The highest BCUT2D eigenvalue weighted by Gasteiger charge is 2.38. The second-order valence-corrected chi connectivity index (χ2v) is 8.57. The summed E-state index contributed by atoms with van der Waals surface area (Å²) in [5.74, 6) is 0.122. The number of nitrogens with zero attached hydrogens (tertiary/aromatic N) is 1. The molecule has 1 unspecified atom stereocenters. The topological polar surface area (TPSA) is 75.7 Å². The Labute approximate surface area is 152 Å². The molecule has 1 aliphatic heterocycles. The molecule has 1 heterocycles. The van der Waals surface area contributed by atoms with Gasteiger partial charge in [-0.25, -0.2) is 8.42 Å². The van der Waals surface area contributed by atoms with Crippen LogP contribution in [0.1, 0.15) is 18.4 Å². The van der Waals surface area contributed by atoms with Gasteiger partial charge in [0.2, 0.25) is 0 Å². The van der Waals surface area contributed by atoms with E-state index in [2.05, 4.69) is 5.32 Å². The van der Waals surface area contributed by atoms with Gasteiger partial charge in [-0.3, -0.25) is 9.10 Å². The molecule has 1 atom stereocenters. The average molecular weight is 372 g/mol. The molecule has 1 fully saturated rings. The minimum absolute atomic E-state index is 0.0498. The number of rotatable bonds is 4. The summed E-state index contributed by atoms with van der Waals surface area (Å²) in [5, 5.41) is 2.89. The molecule has 0 spiro atoms. The van der Waals surface area contributed by atoms with Crippen LogP contribution in [0.4, 0.5) is 5.69 Å². The van der Waals surface area contributed by atoms with Crippen LogP contribution in [0.15, 0.2) is 53.4 Å². The fourth-order valence-corrected chi connectivity index (χ4v) is 4.40. The van der Waals surface area contributed by atoms with Gasteiger partial charge in [0.25, 0.3) is 15.9 Å². The standard InChI is InChI=1S/C19H20N2O4S/c1-13-6-10-15(11-7-13)26(23,24)21-12-18(19(22)20-14-8-9-14)25-17-5-3-2-4-16(17)21/h2-7,10-11,14,18H,8-9,12H2,1H3,(H,20,22). The molecule has 4 rings (SSSR count). The van der Waals surface area contributed by atoms with Gasteiger partial charge < -0.3 is 10.1 Å². The zero-order valence-corrected chi connectivity index (χ0v) is 15.2. The highest BCUT2D eigenvalue weighted by molar-refractivity contribution is 7.92. The fourth-order valence-electron chi connectivity index (χ4n) is 2.93. The number of carbonyl (C=O) groups excluding carboxylic acids is 1. The van der Waals surface area contributed by atoms with Crippen molar-refractivity contribution >= 4 is 21.6 Å². The first-order valence-electron chi connectivity index (χ1n) is 8.60. The van der Waals surface area contributed by atoms with Crippen LogP contribution in [-0.4, -0.2) is 33.0 Å². The van der Waals surface area contributed by atoms with Crippen LogP contribution in [0.2, 0.25) is 0 Å². The third kappa shape index (κ3) is 3.14. The van der Waals surface area contributed by atoms with Crippen molar-refractivity contribution in [1.29, 1.82) is 0 Å². The Balaban J connectivity index is 1.70. The van der Waals surface area contributed by atoms with Gasteiger partial charge in [0.15, 0.2) is 6.10 Å². The number of carbonyl (C=O) groups is 1. The summed E-state index contributed by atoms with van der Waals surface area (Å²) in [6.45, 7) is 1.85. The lowest BCUT2D eigenvalue weighted by Gasteiger charge is -2.34. The van der Waals surface area contributed by atoms with E-state index in [9.17, 15) is 13.2 Å². The Morgan fingerprint density at radius 1 is 1.12 bits per heavy atom. The highest BCUT2D eigenvalue weighted by atomic mass is 32.2. The first kappa shape index (κ1) is 16.9. The van der Waals surface area contributed by atoms with Crippen LogP contribution < -0.4 is 14.4 Å². The minimum atomic E-state index is -3.80. The van der Waals surface area contributed by atoms with Crippen molar-refractivity contribution in [3.8, 4) is 5.75 Å². The monoisotopic (exact) mass is 372 g/mol. The molecular formula is C19H20N2O4S. The van der Waals surface area contributed by atoms with Crippen molar-refractivity contribution in [2.75, 3.05) is 10.8 Å². The number of fused-ring (bicyclic) bond motifs is 1. The van der Waals surface area contributed by atoms with Crippen molar-refractivity contribution in [2.45, 2.75) is 36.8 Å². The number of para-hydroxylation sites is 2. The smallest absolute Gasteiger partial charge is 0.264 e. The molecule has 1 amide bonds. The van der Waals surface area contributed by atoms with Gasteiger partial charge in [-0.05, 0) is 44.0 Å². The summed E-state index contributed by atoms with van der Waals surface area (Å²) >= 11 is 0. The van der Waals surface area contributed by atoms with E-state index in [0.717, 1.165) is 18.4 Å². The van der Waals surface area contributed by atoms with Gasteiger partial charge in [0, 0.05) is 6.04 Å². The molecule has 2 aliphatic rings. The number of aryl methyl sites for hydroxylation is 1. The SMILES string of the molecule is Cc1ccc(S(=O)(=O)N2CC(C(=O)NC3CC3)Oc3ccccc32)cc1. The zero-order valence-electron chi connectivity index (χ0n) is 14.4. The lowest BCUT2D eigenvalue weighted by molar-refractivity contribution is -0.127. The molecule has 7 heteroatoms. The molecule has 0 aromatic heterocycles. The second-order valence-electron chi connectivity index (χ2n) is 6.71. The maximum Gasteiger partial charge on any atom is 0.264 e. The first-order chi connectivity index (χ1) is 12.4. The normalized spacial score (nSPS) is 19.4. The molecule has 1 aliphatic carbocycles. The molecule has 136 valence electrons. The lowest BCUT2D eigenvalue weighted by atomic mass is 10.2. The van der Waals surface area contributed by atoms with E-state index in [1.165, 1.54) is 4.31 Å². The number of hydrogen-bond acceptors (Lipinski definition) is 4. The summed E-state index contributed by atoms with van der Waals surface area (Å²) in [5.41, 5.74) is 1.43. The number of ether oxygens (including phenoxy) is 1. The predicted molar refractivity (Wildman–Crippen MR) is 97.7 cm³/mol. The number of anilines is 1. The number of hydrogen-bond donors (Lipinski definition) is 1. The summed E-state index contributed by atoms with van der Waals surface area (Å²) in [6, 6.07) is 13.8. The first-order valence-corrected chi connectivity index (χ1v) is 10.0. The Morgan fingerprint density at radius 2 is 1.81 bits per heavy atom. The minimum Gasteiger partial charge on any atom is -0.476 e. The average Bonchev–Trinajstić information content (AvgIpc) is 3.45. The van der Waals surface area contributed by atoms with Crippen LogP contribution in [0, 0.1) is 6.92 Å². The van der Waals surface area contributed by atoms with Gasteiger partial charge in [0.05, 0.1) is 17.1 Å². The van der Waals surface area contributed by atoms with Gasteiger partial charge >= 0.3 is 0 Å². The fraction of sp³-hybridized carbons (Fsp3) is 0.316. The van der Waals surface area contributed by atoms with E-state index in [-0.39, 0.29) is 23.4 Å². The van der Waals surface area contributed by atoms with Crippen molar-refractivity contribution in [1.82, 2.24) is 5.32 Å². The maximum absolute atomic E-state index is 13.2. The molecule has 26 heavy (non-hydrogen) atoms. The molecule has 1 N–H and O–H groups in total. The van der Waals surface area contributed by atoms with Crippen molar-refractivity contribution in [3.05, 3.63) is 54.1 Å². The largest absolute Gasteiger partial charge is 0.476 e. The number of sulfonamides is 1. The van der Waals surface area contributed by atoms with E-state index in [0.29, 0.717) is 11.4 Å². The van der Waals surface area contributed by atoms with Crippen molar-refractivity contribution in [2.24, 2.45) is 0 Å². The van der Waals surface area contributed by atoms with Crippen LogP contribution >= 0.6 is 0 Å². The van der Waals surface area contributed by atoms with E-state index in [1.54, 1.807) is 48.5 Å². The van der Waals surface area contributed by atoms with Crippen molar-refractivity contribution < 1.29 is 17.9 Å². The summed E-state index contributed by atoms with van der Waals surface area (Å²) < 4.78 is 33.5. The quantitative estimate of drug-likeness (QED) is 0.893. The second kappa shape index (κ2) is 6.32.